The second-order valence-corrected chi connectivity index (χ2v) is 3.20. The molecule has 0 fully saturated rings. The minimum absolute atomic E-state index is 0.213. The van der Waals surface area contributed by atoms with Gasteiger partial charge < -0.3 is 5.32 Å². The first-order chi connectivity index (χ1) is 7.27. The zero-order chi connectivity index (χ0) is 10.7. The number of anilines is 1. The van der Waals surface area contributed by atoms with Gasteiger partial charge in [0.15, 0.2) is 0 Å². The molecule has 1 aromatic heterocycles. The number of nitrogens with one attached hydrogen (secondary N) is 2. The van der Waals surface area contributed by atoms with Crippen LogP contribution in [-0.4, -0.2) is 20.6 Å². The topological polar surface area (TPSA) is 66.5 Å². The van der Waals surface area contributed by atoms with Crippen molar-refractivity contribution in [2.75, 3.05) is 5.32 Å². The van der Waals surface area contributed by atoms with Gasteiger partial charge in [0.25, 0.3) is 5.95 Å². The molecular weight excluding hydrogens is 221 g/mol. The van der Waals surface area contributed by atoms with Crippen LogP contribution in [0, 0.1) is 5.82 Å². The fourth-order valence-corrected chi connectivity index (χ4v) is 1.34. The molecule has 2 N–H and O–H groups in total. The molecule has 0 aliphatic carbocycles. The Bertz CT molecular complexity index is 424. The van der Waals surface area contributed by atoms with Gasteiger partial charge in [0, 0.05) is 17.1 Å². The first kappa shape index (κ1) is 9.85. The smallest absolute Gasteiger partial charge is 0.263 e. The summed E-state index contributed by atoms with van der Waals surface area (Å²) >= 11 is 5.83. The maximum atomic E-state index is 13.3. The number of benzene rings is 1. The zero-order valence-electron chi connectivity index (χ0n) is 7.54. The molecule has 0 saturated heterocycles. The Morgan fingerprint density at radius 3 is 3.00 bits per heavy atom. The number of aromatic amines is 1. The van der Waals surface area contributed by atoms with Crippen molar-refractivity contribution in [1.82, 2.24) is 20.6 Å². The highest BCUT2D eigenvalue weighted by Gasteiger charge is 2.07. The number of hydrogen-bond donors (Lipinski definition) is 2. The van der Waals surface area contributed by atoms with Crippen molar-refractivity contribution in [3.8, 4) is 0 Å². The van der Waals surface area contributed by atoms with E-state index in [1.54, 1.807) is 12.1 Å². The number of aromatic nitrogens is 4. The number of hydrogen-bond acceptors (Lipinski definition) is 4. The quantitative estimate of drug-likeness (QED) is 0.836. The molecule has 0 aliphatic heterocycles. The predicted octanol–water partition coefficient (Wildman–Crippen LogP) is 1.60. The van der Waals surface area contributed by atoms with Crippen molar-refractivity contribution in [3.05, 3.63) is 34.6 Å². The molecule has 0 aliphatic rings. The second-order valence-electron chi connectivity index (χ2n) is 2.79. The fourth-order valence-electron chi connectivity index (χ4n) is 1.11. The van der Waals surface area contributed by atoms with E-state index in [2.05, 4.69) is 25.9 Å². The molecule has 2 rings (SSSR count). The molecule has 2 aromatic rings. The molecule has 0 radical (unpaired) electrons. The van der Waals surface area contributed by atoms with E-state index in [1.807, 2.05) is 0 Å². The van der Waals surface area contributed by atoms with Gasteiger partial charge in [-0.15, -0.1) is 5.10 Å². The highest BCUT2D eigenvalue weighted by molar-refractivity contribution is 6.31. The van der Waals surface area contributed by atoms with E-state index >= 15 is 0 Å². The summed E-state index contributed by atoms with van der Waals surface area (Å²) < 4.78 is 13.3. The minimum Gasteiger partial charge on any atom is -0.347 e. The van der Waals surface area contributed by atoms with Crippen LogP contribution < -0.4 is 5.32 Å². The Hall–Kier alpha value is -1.69. The van der Waals surface area contributed by atoms with Gasteiger partial charge >= 0.3 is 0 Å². The number of tetrazole rings is 1. The largest absolute Gasteiger partial charge is 0.347 e. The molecule has 5 nitrogen and oxygen atoms in total. The van der Waals surface area contributed by atoms with Gasteiger partial charge in [-0.05, 0) is 17.3 Å². The molecule has 0 amide bonds. The summed E-state index contributed by atoms with van der Waals surface area (Å²) in [6.45, 7) is 0.213. The van der Waals surface area contributed by atoms with E-state index in [1.165, 1.54) is 6.07 Å². The van der Waals surface area contributed by atoms with Crippen molar-refractivity contribution >= 4 is 17.5 Å². The summed E-state index contributed by atoms with van der Waals surface area (Å²) in [7, 11) is 0. The Morgan fingerprint density at radius 1 is 1.47 bits per heavy atom. The lowest BCUT2D eigenvalue weighted by Gasteiger charge is -2.05. The normalized spacial score (nSPS) is 10.3. The molecule has 78 valence electrons. The molecule has 1 heterocycles. The SMILES string of the molecule is Fc1cccc(Cl)c1CNc1nn[nH]n1. The zero-order valence-corrected chi connectivity index (χ0v) is 8.29. The highest BCUT2D eigenvalue weighted by Crippen LogP contribution is 2.19. The molecule has 0 spiro atoms. The Balaban J connectivity index is 2.11. The van der Waals surface area contributed by atoms with Gasteiger partial charge in [0.2, 0.25) is 0 Å². The van der Waals surface area contributed by atoms with Crippen LogP contribution in [0.2, 0.25) is 5.02 Å². The maximum Gasteiger partial charge on any atom is 0.263 e. The van der Waals surface area contributed by atoms with Crippen molar-refractivity contribution in [2.24, 2.45) is 0 Å². The van der Waals surface area contributed by atoms with Gasteiger partial charge in [0.1, 0.15) is 5.82 Å². The van der Waals surface area contributed by atoms with Gasteiger partial charge in [-0.3, -0.25) is 0 Å². The predicted molar refractivity (Wildman–Crippen MR) is 52.9 cm³/mol. The molecule has 0 unspecified atom stereocenters. The molecule has 15 heavy (non-hydrogen) atoms. The molecule has 0 atom stereocenters. The third-order valence-corrected chi connectivity index (χ3v) is 2.18. The first-order valence-electron chi connectivity index (χ1n) is 4.17. The maximum absolute atomic E-state index is 13.3. The number of H-pyrrole nitrogens is 1. The van der Waals surface area contributed by atoms with E-state index in [4.69, 9.17) is 11.6 Å². The summed E-state index contributed by atoms with van der Waals surface area (Å²) in [6, 6.07) is 4.52. The second kappa shape index (κ2) is 4.22. The summed E-state index contributed by atoms with van der Waals surface area (Å²) in [5.41, 5.74) is 0.379. The third-order valence-electron chi connectivity index (χ3n) is 1.83. The van der Waals surface area contributed by atoms with Gasteiger partial charge in [-0.1, -0.05) is 22.8 Å². The van der Waals surface area contributed by atoms with Crippen molar-refractivity contribution in [1.29, 1.82) is 0 Å². The summed E-state index contributed by atoms with van der Waals surface area (Å²) in [5.74, 6) is -0.0622. The van der Waals surface area contributed by atoms with E-state index in [9.17, 15) is 4.39 Å². The van der Waals surface area contributed by atoms with Gasteiger partial charge in [-0.2, -0.15) is 5.21 Å². The van der Waals surface area contributed by atoms with Crippen LogP contribution in [0.4, 0.5) is 10.3 Å². The number of rotatable bonds is 3. The van der Waals surface area contributed by atoms with Crippen LogP contribution in [0.3, 0.4) is 0 Å². The molecule has 0 saturated carbocycles. The summed E-state index contributed by atoms with van der Waals surface area (Å²) in [5, 5.41) is 16.1. The third kappa shape index (κ3) is 2.21. The summed E-state index contributed by atoms with van der Waals surface area (Å²) in [4.78, 5) is 0. The lowest BCUT2D eigenvalue weighted by molar-refractivity contribution is 0.613. The van der Waals surface area contributed by atoms with Crippen LogP contribution in [-0.2, 0) is 6.54 Å². The van der Waals surface area contributed by atoms with Crippen LogP contribution in [0.15, 0.2) is 18.2 Å². The van der Waals surface area contributed by atoms with Crippen LogP contribution in [0.25, 0.3) is 0 Å². The van der Waals surface area contributed by atoms with Crippen molar-refractivity contribution < 1.29 is 4.39 Å². The lowest BCUT2D eigenvalue weighted by Crippen LogP contribution is -2.03. The Morgan fingerprint density at radius 2 is 2.33 bits per heavy atom. The standard InChI is InChI=1S/C8H7ClFN5/c9-6-2-1-3-7(10)5(6)4-11-8-12-14-15-13-8/h1-3H,4H2,(H2,11,12,13,14,15). The van der Waals surface area contributed by atoms with E-state index in [-0.39, 0.29) is 12.4 Å². The first-order valence-corrected chi connectivity index (χ1v) is 4.55. The van der Waals surface area contributed by atoms with E-state index < -0.39 is 0 Å². The monoisotopic (exact) mass is 227 g/mol. The van der Waals surface area contributed by atoms with E-state index in [0.29, 0.717) is 16.5 Å². The number of halogens is 2. The van der Waals surface area contributed by atoms with E-state index in [0.717, 1.165) is 0 Å². The van der Waals surface area contributed by atoms with Crippen LogP contribution in [0.5, 0.6) is 0 Å². The van der Waals surface area contributed by atoms with Crippen molar-refractivity contribution in [3.63, 3.8) is 0 Å². The van der Waals surface area contributed by atoms with Crippen LogP contribution >= 0.6 is 11.6 Å². The number of nitrogens with zero attached hydrogens (tertiary/aromatic N) is 3. The molecule has 0 bridgehead atoms. The van der Waals surface area contributed by atoms with Gasteiger partial charge in [-0.25, -0.2) is 4.39 Å². The molecule has 1 aromatic carbocycles. The molecular formula is C8H7ClFN5. The minimum atomic E-state index is -0.363. The van der Waals surface area contributed by atoms with Crippen LogP contribution in [0.1, 0.15) is 5.56 Å². The fraction of sp³-hybridized carbons (Fsp3) is 0.125. The van der Waals surface area contributed by atoms with Gasteiger partial charge in [0.05, 0.1) is 0 Å². The summed E-state index contributed by atoms with van der Waals surface area (Å²) in [6.07, 6.45) is 0. The Labute approximate surface area is 89.6 Å². The lowest BCUT2D eigenvalue weighted by atomic mass is 10.2. The molecule has 7 heteroatoms. The average molecular weight is 228 g/mol. The Kier molecular flexibility index (Phi) is 2.77. The van der Waals surface area contributed by atoms with Crippen molar-refractivity contribution in [2.45, 2.75) is 6.54 Å². The highest BCUT2D eigenvalue weighted by atomic mass is 35.5. The average Bonchev–Trinajstić information content (AvgIpc) is 2.70.